The molecule has 1 atom stereocenters. The van der Waals surface area contributed by atoms with Gasteiger partial charge in [-0.15, -0.1) is 12.4 Å². The van der Waals surface area contributed by atoms with E-state index in [1.807, 2.05) is 23.1 Å². The van der Waals surface area contributed by atoms with Crippen LogP contribution in [0.4, 0.5) is 0 Å². The van der Waals surface area contributed by atoms with Crippen LogP contribution in [-0.2, 0) is 11.2 Å². The Morgan fingerprint density at radius 2 is 2.32 bits per heavy atom. The van der Waals surface area contributed by atoms with Crippen LogP contribution in [0.25, 0.3) is 0 Å². The molecule has 0 bridgehead atoms. The summed E-state index contributed by atoms with van der Waals surface area (Å²) in [5.41, 5.74) is 6.72. The van der Waals surface area contributed by atoms with Crippen molar-refractivity contribution < 1.29 is 9.53 Å². The number of nitrogens with two attached hydrogens (primary N) is 1. The van der Waals surface area contributed by atoms with Crippen LogP contribution >= 0.6 is 28.3 Å². The first-order valence-electron chi connectivity index (χ1n) is 5.96. The Kier molecular flexibility index (Phi) is 6.10. The third-order valence-electron chi connectivity index (χ3n) is 3.17. The second kappa shape index (κ2) is 7.12. The number of likely N-dealkylation sites (tertiary alicyclic amines) is 1. The van der Waals surface area contributed by atoms with Crippen molar-refractivity contribution in [2.75, 3.05) is 20.2 Å². The van der Waals surface area contributed by atoms with Crippen molar-refractivity contribution in [1.82, 2.24) is 4.90 Å². The number of methoxy groups -OCH3 is 1. The Morgan fingerprint density at radius 1 is 1.58 bits per heavy atom. The summed E-state index contributed by atoms with van der Waals surface area (Å²) in [5.74, 6) is 0.852. The number of nitrogens with zero attached hydrogens (tertiary/aromatic N) is 1. The third-order valence-corrected chi connectivity index (χ3v) is 3.66. The van der Waals surface area contributed by atoms with Gasteiger partial charge in [0, 0.05) is 29.2 Å². The van der Waals surface area contributed by atoms with Gasteiger partial charge in [-0.2, -0.15) is 0 Å². The molecule has 1 aromatic carbocycles. The van der Waals surface area contributed by atoms with E-state index in [0.717, 1.165) is 28.8 Å². The molecule has 106 valence electrons. The van der Waals surface area contributed by atoms with Crippen LogP contribution < -0.4 is 10.5 Å². The lowest BCUT2D eigenvalue weighted by molar-refractivity contribution is -0.129. The molecule has 0 aliphatic carbocycles. The number of amides is 1. The maximum Gasteiger partial charge on any atom is 0.227 e. The molecule has 1 heterocycles. The van der Waals surface area contributed by atoms with E-state index in [1.54, 1.807) is 7.11 Å². The van der Waals surface area contributed by atoms with Crippen LogP contribution in [0.1, 0.15) is 12.0 Å². The number of rotatable bonds is 3. The summed E-state index contributed by atoms with van der Waals surface area (Å²) in [6, 6.07) is 5.83. The van der Waals surface area contributed by atoms with Crippen molar-refractivity contribution in [2.45, 2.75) is 18.9 Å². The highest BCUT2D eigenvalue weighted by molar-refractivity contribution is 9.10. The minimum atomic E-state index is 0. The van der Waals surface area contributed by atoms with Gasteiger partial charge in [0.15, 0.2) is 0 Å². The Hall–Kier alpha value is -0.780. The van der Waals surface area contributed by atoms with Crippen molar-refractivity contribution in [3.8, 4) is 5.75 Å². The molecule has 2 N–H and O–H groups in total. The Labute approximate surface area is 127 Å². The monoisotopic (exact) mass is 348 g/mol. The topological polar surface area (TPSA) is 55.6 Å². The van der Waals surface area contributed by atoms with E-state index in [4.69, 9.17) is 10.5 Å². The molecule has 0 spiro atoms. The Balaban J connectivity index is 0.00000180. The van der Waals surface area contributed by atoms with Gasteiger partial charge >= 0.3 is 0 Å². The van der Waals surface area contributed by atoms with E-state index in [1.165, 1.54) is 0 Å². The van der Waals surface area contributed by atoms with E-state index in [-0.39, 0.29) is 24.4 Å². The lowest BCUT2D eigenvalue weighted by Crippen LogP contribution is -2.33. The number of ether oxygens (including phenoxy) is 1. The first-order valence-corrected chi connectivity index (χ1v) is 6.75. The van der Waals surface area contributed by atoms with Crippen LogP contribution in [0.2, 0.25) is 0 Å². The first-order chi connectivity index (χ1) is 8.60. The quantitative estimate of drug-likeness (QED) is 0.908. The average Bonchev–Trinajstić information content (AvgIpc) is 2.78. The number of carbonyl (C=O) groups is 1. The van der Waals surface area contributed by atoms with Crippen LogP contribution in [0, 0.1) is 0 Å². The molecule has 0 unspecified atom stereocenters. The summed E-state index contributed by atoms with van der Waals surface area (Å²) >= 11 is 3.39. The molecule has 0 aromatic heterocycles. The molecule has 1 aliphatic rings. The summed E-state index contributed by atoms with van der Waals surface area (Å²) in [6.07, 6.45) is 1.26. The fourth-order valence-corrected chi connectivity index (χ4v) is 2.49. The maximum absolute atomic E-state index is 12.1. The van der Waals surface area contributed by atoms with Crippen molar-refractivity contribution in [1.29, 1.82) is 0 Å². The molecule has 6 heteroatoms. The second-order valence-electron chi connectivity index (χ2n) is 4.52. The largest absolute Gasteiger partial charge is 0.496 e. The minimum absolute atomic E-state index is 0. The Morgan fingerprint density at radius 3 is 2.89 bits per heavy atom. The van der Waals surface area contributed by atoms with Gasteiger partial charge in [0.1, 0.15) is 5.75 Å². The van der Waals surface area contributed by atoms with Gasteiger partial charge in [-0.05, 0) is 18.6 Å². The van der Waals surface area contributed by atoms with Crippen LogP contribution in [0.3, 0.4) is 0 Å². The smallest absolute Gasteiger partial charge is 0.227 e. The van der Waals surface area contributed by atoms with E-state index in [0.29, 0.717) is 13.0 Å². The summed E-state index contributed by atoms with van der Waals surface area (Å²) < 4.78 is 6.23. The van der Waals surface area contributed by atoms with E-state index >= 15 is 0 Å². The van der Waals surface area contributed by atoms with E-state index in [9.17, 15) is 4.79 Å². The summed E-state index contributed by atoms with van der Waals surface area (Å²) in [5, 5.41) is 0. The SMILES string of the molecule is COc1cc(Br)ccc1CC(=O)N1CC[C@H](N)C1.Cl. The van der Waals surface area contributed by atoms with E-state index < -0.39 is 0 Å². The number of halogens is 2. The van der Waals surface area contributed by atoms with Gasteiger partial charge in [-0.1, -0.05) is 22.0 Å². The van der Waals surface area contributed by atoms with E-state index in [2.05, 4.69) is 15.9 Å². The molecule has 2 rings (SSSR count). The predicted molar refractivity (Wildman–Crippen MR) is 80.8 cm³/mol. The number of hydrogen-bond donors (Lipinski definition) is 1. The molecule has 0 saturated carbocycles. The molecule has 19 heavy (non-hydrogen) atoms. The lowest BCUT2D eigenvalue weighted by Gasteiger charge is -2.16. The van der Waals surface area contributed by atoms with Gasteiger partial charge < -0.3 is 15.4 Å². The summed E-state index contributed by atoms with van der Waals surface area (Å²) in [4.78, 5) is 13.9. The van der Waals surface area contributed by atoms with Gasteiger partial charge in [-0.25, -0.2) is 0 Å². The van der Waals surface area contributed by atoms with Crippen molar-refractivity contribution in [3.63, 3.8) is 0 Å². The fourth-order valence-electron chi connectivity index (χ4n) is 2.15. The average molecular weight is 350 g/mol. The number of benzene rings is 1. The third kappa shape index (κ3) is 4.09. The van der Waals surface area contributed by atoms with Crippen LogP contribution in [-0.4, -0.2) is 37.0 Å². The standard InChI is InChI=1S/C13H17BrN2O2.ClH/c1-18-12-7-10(14)3-2-9(12)6-13(17)16-5-4-11(15)8-16;/h2-3,7,11H,4-6,8,15H2,1H3;1H/t11-;/m0./s1. The highest BCUT2D eigenvalue weighted by atomic mass is 79.9. The predicted octanol–water partition coefficient (Wildman–Crippen LogP) is 1.98. The zero-order chi connectivity index (χ0) is 13.1. The highest BCUT2D eigenvalue weighted by Crippen LogP contribution is 2.24. The number of carbonyl (C=O) groups excluding carboxylic acids is 1. The van der Waals surface area contributed by atoms with Crippen LogP contribution in [0.5, 0.6) is 5.75 Å². The molecule has 1 aliphatic heterocycles. The summed E-state index contributed by atoms with van der Waals surface area (Å²) in [7, 11) is 1.61. The lowest BCUT2D eigenvalue weighted by atomic mass is 10.1. The van der Waals surface area contributed by atoms with Crippen LogP contribution in [0.15, 0.2) is 22.7 Å². The van der Waals surface area contributed by atoms with Gasteiger partial charge in [0.2, 0.25) is 5.91 Å². The fraction of sp³-hybridized carbons (Fsp3) is 0.462. The molecule has 1 aromatic rings. The minimum Gasteiger partial charge on any atom is -0.496 e. The highest BCUT2D eigenvalue weighted by Gasteiger charge is 2.24. The molecular weight excluding hydrogens is 332 g/mol. The van der Waals surface area contributed by atoms with Crippen molar-refractivity contribution in [2.24, 2.45) is 5.73 Å². The second-order valence-corrected chi connectivity index (χ2v) is 5.44. The molecule has 4 nitrogen and oxygen atoms in total. The zero-order valence-corrected chi connectivity index (χ0v) is 13.2. The molecule has 0 radical (unpaired) electrons. The van der Waals surface area contributed by atoms with Gasteiger partial charge in [0.05, 0.1) is 13.5 Å². The molecule has 1 amide bonds. The van der Waals surface area contributed by atoms with Gasteiger partial charge in [0.25, 0.3) is 0 Å². The summed E-state index contributed by atoms with van der Waals surface area (Å²) in [6.45, 7) is 1.43. The molecule has 1 saturated heterocycles. The zero-order valence-electron chi connectivity index (χ0n) is 10.8. The molecule has 1 fully saturated rings. The first kappa shape index (κ1) is 16.3. The van der Waals surface area contributed by atoms with Crippen molar-refractivity contribution in [3.05, 3.63) is 28.2 Å². The van der Waals surface area contributed by atoms with Gasteiger partial charge in [-0.3, -0.25) is 4.79 Å². The van der Waals surface area contributed by atoms with Crippen molar-refractivity contribution >= 4 is 34.2 Å². The number of hydrogen-bond acceptors (Lipinski definition) is 3. The molecular formula is C13H18BrClN2O2. The maximum atomic E-state index is 12.1. The normalized spacial score (nSPS) is 18.1. The Bertz CT molecular complexity index is 456.